The fraction of sp³-hybridized carbons (Fsp3) is 0.500. The third-order valence-corrected chi connectivity index (χ3v) is 3.02. The minimum atomic E-state index is 0.212. The Morgan fingerprint density at radius 2 is 2.22 bits per heavy atom. The second-order valence-electron chi connectivity index (χ2n) is 4.60. The number of hydrogen-bond donors (Lipinski definition) is 1. The Balaban J connectivity index is 1.92. The Hall–Kier alpha value is -1.55. The molecule has 2 heterocycles. The van der Waals surface area contributed by atoms with Crippen molar-refractivity contribution < 1.29 is 4.42 Å². The summed E-state index contributed by atoms with van der Waals surface area (Å²) < 4.78 is 7.66. The molecule has 1 N–H and O–H groups in total. The fourth-order valence-corrected chi connectivity index (χ4v) is 1.97. The number of rotatable bonds is 6. The quantitative estimate of drug-likeness (QED) is 0.853. The smallest absolute Gasteiger partial charge is 0.120 e. The molecule has 0 aliphatic rings. The topological polar surface area (TPSA) is 43.0 Å². The van der Waals surface area contributed by atoms with E-state index in [9.17, 15) is 0 Å². The zero-order valence-electron chi connectivity index (χ0n) is 11.3. The average molecular weight is 247 g/mol. The first-order valence-electron chi connectivity index (χ1n) is 6.51. The van der Waals surface area contributed by atoms with Gasteiger partial charge < -0.3 is 9.73 Å². The molecule has 2 aromatic rings. The van der Waals surface area contributed by atoms with Crippen LogP contribution < -0.4 is 5.32 Å². The normalized spacial score (nSPS) is 12.8. The minimum Gasteiger partial charge on any atom is -0.465 e. The van der Waals surface area contributed by atoms with E-state index in [0.29, 0.717) is 0 Å². The fourth-order valence-electron chi connectivity index (χ4n) is 1.97. The lowest BCUT2D eigenvalue weighted by Gasteiger charge is -2.12. The maximum Gasteiger partial charge on any atom is 0.120 e. The van der Waals surface area contributed by atoms with Crippen LogP contribution in [0.5, 0.6) is 0 Å². The van der Waals surface area contributed by atoms with Crippen LogP contribution in [0.4, 0.5) is 0 Å². The van der Waals surface area contributed by atoms with Crippen LogP contribution in [0.3, 0.4) is 0 Å². The number of furan rings is 1. The summed E-state index contributed by atoms with van der Waals surface area (Å²) in [4.78, 5) is 0. The number of nitrogens with zero attached hydrogens (tertiary/aromatic N) is 2. The second kappa shape index (κ2) is 5.87. The van der Waals surface area contributed by atoms with Gasteiger partial charge >= 0.3 is 0 Å². The largest absolute Gasteiger partial charge is 0.465 e. The van der Waals surface area contributed by atoms with Crippen molar-refractivity contribution in [1.82, 2.24) is 15.1 Å². The van der Waals surface area contributed by atoms with E-state index in [2.05, 4.69) is 30.3 Å². The molecule has 2 aromatic heterocycles. The van der Waals surface area contributed by atoms with E-state index in [0.717, 1.165) is 31.0 Å². The van der Waals surface area contributed by atoms with Crippen molar-refractivity contribution >= 4 is 0 Å². The Morgan fingerprint density at radius 1 is 1.39 bits per heavy atom. The summed E-state index contributed by atoms with van der Waals surface area (Å²) in [6, 6.07) is 6.29. The average Bonchev–Trinajstić information content (AvgIpc) is 2.96. The third kappa shape index (κ3) is 3.01. The summed E-state index contributed by atoms with van der Waals surface area (Å²) in [5, 5.41) is 7.77. The van der Waals surface area contributed by atoms with Gasteiger partial charge in [0.1, 0.15) is 11.5 Å². The van der Waals surface area contributed by atoms with Crippen LogP contribution in [0.25, 0.3) is 0 Å². The zero-order valence-corrected chi connectivity index (χ0v) is 11.3. The molecule has 0 radical (unpaired) electrons. The van der Waals surface area contributed by atoms with Crippen LogP contribution >= 0.6 is 0 Å². The van der Waals surface area contributed by atoms with Crippen LogP contribution in [0.1, 0.15) is 43.5 Å². The molecule has 0 spiro atoms. The van der Waals surface area contributed by atoms with E-state index in [1.165, 1.54) is 5.69 Å². The first-order chi connectivity index (χ1) is 8.70. The van der Waals surface area contributed by atoms with Crippen molar-refractivity contribution in [2.45, 2.75) is 46.3 Å². The summed E-state index contributed by atoms with van der Waals surface area (Å²) in [5.41, 5.74) is 1.21. The van der Waals surface area contributed by atoms with Crippen LogP contribution in [-0.4, -0.2) is 9.78 Å². The number of nitrogens with one attached hydrogen (secondary N) is 1. The van der Waals surface area contributed by atoms with Gasteiger partial charge in [0, 0.05) is 19.3 Å². The lowest BCUT2D eigenvalue weighted by Crippen LogP contribution is -2.20. The van der Waals surface area contributed by atoms with Crippen LogP contribution in [0.2, 0.25) is 0 Å². The van der Waals surface area contributed by atoms with Crippen molar-refractivity contribution in [3.8, 4) is 0 Å². The zero-order chi connectivity index (χ0) is 13.0. The van der Waals surface area contributed by atoms with Crippen molar-refractivity contribution in [2.75, 3.05) is 0 Å². The summed E-state index contributed by atoms with van der Waals surface area (Å²) >= 11 is 0. The number of aryl methyl sites for hydroxylation is 2. The van der Waals surface area contributed by atoms with Crippen LogP contribution in [-0.2, 0) is 13.1 Å². The molecular weight excluding hydrogens is 226 g/mol. The molecule has 1 atom stereocenters. The highest BCUT2D eigenvalue weighted by atomic mass is 16.3. The van der Waals surface area contributed by atoms with E-state index in [1.807, 2.05) is 29.9 Å². The molecule has 0 saturated heterocycles. The summed E-state index contributed by atoms with van der Waals surface area (Å²) in [6.07, 6.45) is 2.95. The Bertz CT molecular complexity index is 487. The van der Waals surface area contributed by atoms with Gasteiger partial charge in [0.2, 0.25) is 0 Å². The van der Waals surface area contributed by atoms with Gasteiger partial charge in [-0.15, -0.1) is 0 Å². The van der Waals surface area contributed by atoms with Crippen LogP contribution in [0, 0.1) is 6.92 Å². The minimum absolute atomic E-state index is 0.212. The van der Waals surface area contributed by atoms with Crippen molar-refractivity contribution in [1.29, 1.82) is 0 Å². The predicted octanol–water partition coefficient (Wildman–Crippen LogP) is 3.05. The van der Waals surface area contributed by atoms with E-state index in [-0.39, 0.29) is 6.04 Å². The van der Waals surface area contributed by atoms with Crippen molar-refractivity contribution in [3.63, 3.8) is 0 Å². The molecule has 0 amide bonds. The first-order valence-corrected chi connectivity index (χ1v) is 6.51. The highest BCUT2D eigenvalue weighted by molar-refractivity contribution is 5.09. The molecule has 0 fully saturated rings. The molecular formula is C14H21N3O. The van der Waals surface area contributed by atoms with Gasteiger partial charge in [-0.3, -0.25) is 4.68 Å². The van der Waals surface area contributed by atoms with Gasteiger partial charge in [-0.2, -0.15) is 5.10 Å². The molecule has 4 nitrogen and oxygen atoms in total. The molecule has 0 bridgehead atoms. The molecule has 0 aliphatic carbocycles. The summed E-state index contributed by atoms with van der Waals surface area (Å²) in [5.74, 6) is 1.93. The Kier molecular flexibility index (Phi) is 4.20. The standard InChI is InChI=1S/C14H21N3O/c1-4-9-17-13(7-8-16-17)10-15-12(3)14-6-5-11(2)18-14/h5-8,12,15H,4,9-10H2,1-3H3. The first kappa shape index (κ1) is 12.9. The van der Waals surface area contributed by atoms with Gasteiger partial charge in [-0.05, 0) is 38.5 Å². The monoisotopic (exact) mass is 247 g/mol. The molecule has 4 heteroatoms. The second-order valence-corrected chi connectivity index (χ2v) is 4.60. The highest BCUT2D eigenvalue weighted by Gasteiger charge is 2.10. The Labute approximate surface area is 108 Å². The van der Waals surface area contributed by atoms with Crippen molar-refractivity contribution in [2.24, 2.45) is 0 Å². The molecule has 1 unspecified atom stereocenters. The van der Waals surface area contributed by atoms with Crippen LogP contribution in [0.15, 0.2) is 28.8 Å². The molecule has 0 aliphatic heterocycles. The van der Waals surface area contributed by atoms with E-state index in [4.69, 9.17) is 4.42 Å². The maximum atomic E-state index is 5.61. The third-order valence-electron chi connectivity index (χ3n) is 3.02. The summed E-state index contributed by atoms with van der Waals surface area (Å²) in [7, 11) is 0. The maximum absolute atomic E-state index is 5.61. The SMILES string of the molecule is CCCn1nccc1CNC(C)c1ccc(C)o1. The number of aromatic nitrogens is 2. The number of hydrogen-bond acceptors (Lipinski definition) is 3. The summed E-state index contributed by atoms with van der Waals surface area (Å²) in [6.45, 7) is 8.01. The van der Waals surface area contributed by atoms with E-state index in [1.54, 1.807) is 0 Å². The van der Waals surface area contributed by atoms with Gasteiger partial charge in [-0.1, -0.05) is 6.92 Å². The van der Waals surface area contributed by atoms with E-state index < -0.39 is 0 Å². The lowest BCUT2D eigenvalue weighted by molar-refractivity contribution is 0.410. The Morgan fingerprint density at radius 3 is 2.89 bits per heavy atom. The molecule has 18 heavy (non-hydrogen) atoms. The molecule has 0 saturated carbocycles. The molecule has 2 rings (SSSR count). The highest BCUT2D eigenvalue weighted by Crippen LogP contribution is 2.16. The predicted molar refractivity (Wildman–Crippen MR) is 71.2 cm³/mol. The van der Waals surface area contributed by atoms with E-state index >= 15 is 0 Å². The van der Waals surface area contributed by atoms with Crippen molar-refractivity contribution in [3.05, 3.63) is 41.6 Å². The van der Waals surface area contributed by atoms with Gasteiger partial charge in [0.05, 0.1) is 11.7 Å². The van der Waals surface area contributed by atoms with Gasteiger partial charge in [-0.25, -0.2) is 0 Å². The molecule has 0 aromatic carbocycles. The van der Waals surface area contributed by atoms with Gasteiger partial charge in [0.15, 0.2) is 0 Å². The van der Waals surface area contributed by atoms with Gasteiger partial charge in [0.25, 0.3) is 0 Å². The molecule has 98 valence electrons. The lowest BCUT2D eigenvalue weighted by atomic mass is 10.2.